The Bertz CT molecular complexity index is 6210. The monoisotopic (exact) mass is 1340 g/mol. The van der Waals surface area contributed by atoms with Crippen molar-refractivity contribution in [3.05, 3.63) is 357 Å². The molecule has 0 saturated heterocycles. The minimum Gasteiger partial charge on any atom is -0.309 e. The molecule has 105 heavy (non-hydrogen) atoms. The Morgan fingerprint density at radius 2 is 0.438 bits per heavy atom. The number of hydrogen-bond donors (Lipinski definition) is 0. The summed E-state index contributed by atoms with van der Waals surface area (Å²) in [4.78, 5) is 0. The molecular formula is C103H80N2. The molecule has 21 rings (SSSR count). The molecule has 0 radical (unpaired) electrons. The molecule has 14 aromatic carbocycles. The van der Waals surface area contributed by atoms with Crippen LogP contribution in [0.5, 0.6) is 0 Å². The molecule has 0 N–H and O–H groups in total. The number of aromatic nitrogens is 2. The Kier molecular flexibility index (Phi) is 12.7. The van der Waals surface area contributed by atoms with E-state index in [-0.39, 0.29) is 27.1 Å². The minimum atomic E-state index is -0.179. The first-order chi connectivity index (χ1) is 50.8. The third-order valence-electron chi connectivity index (χ3n) is 25.7. The van der Waals surface area contributed by atoms with Crippen molar-refractivity contribution in [1.29, 1.82) is 0 Å². The van der Waals surface area contributed by atoms with Crippen molar-refractivity contribution in [3.8, 4) is 89.3 Å². The Hall–Kier alpha value is -11.8. The predicted octanol–water partition coefficient (Wildman–Crippen LogP) is 27.1. The maximum absolute atomic E-state index is 2.47. The summed E-state index contributed by atoms with van der Waals surface area (Å²) in [6.07, 6.45) is 9.24. The molecule has 502 valence electrons. The first-order valence-electron chi connectivity index (χ1n) is 37.6. The van der Waals surface area contributed by atoms with Gasteiger partial charge in [-0.25, -0.2) is 0 Å². The average Bonchev–Trinajstić information content (AvgIpc) is 1.58. The fraction of sp³-hybridized carbons (Fsp3) is 0.146. The summed E-state index contributed by atoms with van der Waals surface area (Å²) in [6.45, 7) is 23.9. The standard InChI is InChI=1S/C103H80N2/c1-99(2)85-23-15-11-19-71(85)79-47-39-69(59-93(79)99)104-95-25-17-13-21-81(95)83-55-65(37-49-97(83)104)67-35-45-77-75-43-33-63(53-89(75)102(7,8)91(77)57-67)29-27-61-31-41-73-74-42-32-62(52-88(74)101(5,6)87(73)51-61)28-30-64-34-44-76-78-46-36-68(58-92(78)103(9,10)90(76)54-64)66-38-50-98-84(56-66)82-22-14-18-26-96(82)105(98)70-40-48-80-72-20-12-16-24-86(72)100(3,4)94(80)60-70/h11-60H,1-10H3/b29-27+,30-28+. The number of benzene rings is 14. The summed E-state index contributed by atoms with van der Waals surface area (Å²) < 4.78 is 4.94. The number of nitrogens with zero attached hydrogens (tertiary/aromatic N) is 2. The summed E-state index contributed by atoms with van der Waals surface area (Å²) in [5.74, 6) is 0. The van der Waals surface area contributed by atoms with Crippen LogP contribution in [0, 0.1) is 0 Å². The zero-order chi connectivity index (χ0) is 70.9. The van der Waals surface area contributed by atoms with Gasteiger partial charge in [-0.05, 0) is 229 Å². The normalized spacial score (nSPS) is 15.8. The van der Waals surface area contributed by atoms with E-state index in [4.69, 9.17) is 0 Å². The molecule has 0 spiro atoms. The molecule has 5 aliphatic rings. The number of hydrogen-bond acceptors (Lipinski definition) is 0. The Morgan fingerprint density at radius 3 is 0.800 bits per heavy atom. The molecule has 2 heteroatoms. The summed E-state index contributed by atoms with van der Waals surface area (Å²) in [5, 5.41) is 5.08. The van der Waals surface area contributed by atoms with Gasteiger partial charge in [-0.1, -0.05) is 300 Å². The van der Waals surface area contributed by atoms with E-state index in [0.29, 0.717) is 0 Å². The van der Waals surface area contributed by atoms with Gasteiger partial charge < -0.3 is 9.13 Å². The van der Waals surface area contributed by atoms with Crippen molar-refractivity contribution in [2.24, 2.45) is 0 Å². The summed E-state index contributed by atoms with van der Waals surface area (Å²) in [7, 11) is 0. The van der Waals surface area contributed by atoms with Crippen LogP contribution < -0.4 is 0 Å². The number of fused-ring (bicyclic) bond motifs is 21. The SMILES string of the molecule is CC1(C)c2cc(/C=C/c3ccc4c(c3)C(C)(C)c3cc(-c5ccc6c(c5)c5ccccc5n6-c5ccc6c(c5)C(C)(C)c5ccccc5-6)ccc3-4)ccc2-c2ccc(/C=C/c3ccc4c(c3)C(C)(C)c3cc(-c5ccc6c(c5)c5ccccc5n6-c5ccc6c(c5)C(C)(C)c5ccccc5-6)ccc3-4)cc21. The largest absolute Gasteiger partial charge is 0.309 e. The topological polar surface area (TPSA) is 9.86 Å². The van der Waals surface area contributed by atoms with Crippen molar-refractivity contribution in [2.75, 3.05) is 0 Å². The lowest BCUT2D eigenvalue weighted by atomic mass is 9.81. The fourth-order valence-electron chi connectivity index (χ4n) is 20.0. The highest BCUT2D eigenvalue weighted by molar-refractivity contribution is 6.12. The van der Waals surface area contributed by atoms with Crippen LogP contribution in [0.25, 0.3) is 157 Å². The van der Waals surface area contributed by atoms with E-state index in [9.17, 15) is 0 Å². The molecule has 0 saturated carbocycles. The third-order valence-corrected chi connectivity index (χ3v) is 25.7. The van der Waals surface area contributed by atoms with Crippen molar-refractivity contribution >= 4 is 67.9 Å². The molecular weight excluding hydrogens is 1270 g/mol. The van der Waals surface area contributed by atoms with Gasteiger partial charge in [0, 0.05) is 60.0 Å². The fourth-order valence-corrected chi connectivity index (χ4v) is 20.0. The van der Waals surface area contributed by atoms with E-state index in [1.807, 2.05) is 0 Å². The highest BCUT2D eigenvalue weighted by atomic mass is 15.0. The van der Waals surface area contributed by atoms with Gasteiger partial charge in [-0.2, -0.15) is 0 Å². The van der Waals surface area contributed by atoms with Gasteiger partial charge in [-0.3, -0.25) is 0 Å². The van der Waals surface area contributed by atoms with Gasteiger partial charge in [-0.15, -0.1) is 0 Å². The molecule has 0 amide bonds. The third kappa shape index (κ3) is 8.78. The van der Waals surface area contributed by atoms with Crippen LogP contribution in [-0.4, -0.2) is 9.13 Å². The molecule has 0 unspecified atom stereocenters. The lowest BCUT2D eigenvalue weighted by Gasteiger charge is -2.22. The van der Waals surface area contributed by atoms with E-state index in [2.05, 4.69) is 382 Å². The van der Waals surface area contributed by atoms with E-state index in [0.717, 1.165) is 0 Å². The van der Waals surface area contributed by atoms with Crippen LogP contribution >= 0.6 is 0 Å². The van der Waals surface area contributed by atoms with Crippen molar-refractivity contribution < 1.29 is 0 Å². The van der Waals surface area contributed by atoms with Gasteiger partial charge in [0.1, 0.15) is 0 Å². The van der Waals surface area contributed by atoms with Crippen LogP contribution in [-0.2, 0) is 27.1 Å². The Morgan fingerprint density at radius 1 is 0.190 bits per heavy atom. The number of para-hydroxylation sites is 2. The lowest BCUT2D eigenvalue weighted by Crippen LogP contribution is -2.15. The van der Waals surface area contributed by atoms with Gasteiger partial charge in [0.05, 0.1) is 22.1 Å². The second-order valence-electron chi connectivity index (χ2n) is 33.3. The molecule has 2 aromatic heterocycles. The maximum Gasteiger partial charge on any atom is 0.0541 e. The summed E-state index contributed by atoms with van der Waals surface area (Å²) >= 11 is 0. The smallest absolute Gasteiger partial charge is 0.0541 e. The van der Waals surface area contributed by atoms with E-state index in [1.54, 1.807) is 0 Å². The van der Waals surface area contributed by atoms with Crippen LogP contribution in [0.15, 0.2) is 279 Å². The molecule has 16 aromatic rings. The lowest BCUT2D eigenvalue weighted by molar-refractivity contribution is 0.660. The first-order valence-corrected chi connectivity index (χ1v) is 37.6. The Balaban J connectivity index is 0.515. The summed E-state index contributed by atoms with van der Waals surface area (Å²) in [6, 6.07) is 107. The van der Waals surface area contributed by atoms with E-state index >= 15 is 0 Å². The minimum absolute atomic E-state index is 0.0749. The van der Waals surface area contributed by atoms with Crippen LogP contribution in [0.3, 0.4) is 0 Å². The molecule has 0 bridgehead atoms. The van der Waals surface area contributed by atoms with Crippen molar-refractivity contribution in [3.63, 3.8) is 0 Å². The van der Waals surface area contributed by atoms with Crippen LogP contribution in [0.2, 0.25) is 0 Å². The van der Waals surface area contributed by atoms with E-state index < -0.39 is 0 Å². The van der Waals surface area contributed by atoms with Gasteiger partial charge in [0.25, 0.3) is 0 Å². The maximum atomic E-state index is 2.47. The molecule has 5 aliphatic carbocycles. The average molecular weight is 1350 g/mol. The zero-order valence-electron chi connectivity index (χ0n) is 61.3. The summed E-state index contributed by atoms with van der Waals surface area (Å²) in [5.41, 5.74) is 43.7. The predicted molar refractivity (Wildman–Crippen MR) is 445 cm³/mol. The zero-order valence-corrected chi connectivity index (χ0v) is 61.3. The highest BCUT2D eigenvalue weighted by Crippen LogP contribution is 2.56. The van der Waals surface area contributed by atoms with Gasteiger partial charge in [0.2, 0.25) is 0 Å². The van der Waals surface area contributed by atoms with E-state index in [1.165, 1.54) is 211 Å². The molecule has 0 fully saturated rings. The van der Waals surface area contributed by atoms with Crippen molar-refractivity contribution in [2.45, 2.75) is 96.3 Å². The second kappa shape index (κ2) is 21.6. The molecule has 0 atom stereocenters. The molecule has 2 heterocycles. The van der Waals surface area contributed by atoms with Gasteiger partial charge in [0.15, 0.2) is 0 Å². The van der Waals surface area contributed by atoms with Crippen LogP contribution in [0.1, 0.15) is 147 Å². The quantitative estimate of drug-likeness (QED) is 0.134. The van der Waals surface area contributed by atoms with Crippen molar-refractivity contribution in [1.82, 2.24) is 9.13 Å². The van der Waals surface area contributed by atoms with Crippen LogP contribution in [0.4, 0.5) is 0 Å². The van der Waals surface area contributed by atoms with Gasteiger partial charge >= 0.3 is 0 Å². The Labute approximate surface area is 615 Å². The second-order valence-corrected chi connectivity index (χ2v) is 33.3. The number of rotatable bonds is 8. The first kappa shape index (κ1) is 61.8. The molecule has 0 aliphatic heterocycles. The molecule has 2 nitrogen and oxygen atoms in total. The highest BCUT2D eigenvalue weighted by Gasteiger charge is 2.41.